The van der Waals surface area contributed by atoms with Crippen LogP contribution in [0.5, 0.6) is 0 Å². The Balaban J connectivity index is 2.26. The zero-order chi connectivity index (χ0) is 12.0. The van der Waals surface area contributed by atoms with Gasteiger partial charge in [-0.15, -0.1) is 0 Å². The third-order valence-electron chi connectivity index (χ3n) is 3.04. The average molecular weight is 230 g/mol. The molecule has 2 atom stereocenters. The smallest absolute Gasteiger partial charge is 0.407 e. The van der Waals surface area contributed by atoms with Crippen LogP contribution in [0.2, 0.25) is 0 Å². The highest BCUT2D eigenvalue weighted by molar-refractivity contribution is 5.64. The molecule has 94 valence electrons. The summed E-state index contributed by atoms with van der Waals surface area (Å²) in [6, 6.07) is -0.0656. The maximum absolute atomic E-state index is 10.6. The number of carbonyl (C=O) groups is 1. The number of likely N-dealkylation sites (N-methyl/N-ethyl adjacent to an activating group) is 1. The van der Waals surface area contributed by atoms with Crippen molar-refractivity contribution in [3.05, 3.63) is 0 Å². The highest BCUT2D eigenvalue weighted by atomic mass is 16.5. The quantitative estimate of drug-likeness (QED) is 0.759. The van der Waals surface area contributed by atoms with Gasteiger partial charge >= 0.3 is 6.09 Å². The lowest BCUT2D eigenvalue weighted by molar-refractivity contribution is 0.139. The van der Waals surface area contributed by atoms with Crippen molar-refractivity contribution in [2.45, 2.75) is 31.7 Å². The van der Waals surface area contributed by atoms with Gasteiger partial charge in [0.15, 0.2) is 0 Å². The van der Waals surface area contributed by atoms with Gasteiger partial charge in [-0.05, 0) is 31.6 Å². The summed E-state index contributed by atoms with van der Waals surface area (Å²) in [7, 11) is 1.55. The van der Waals surface area contributed by atoms with E-state index in [-0.39, 0.29) is 6.04 Å². The van der Waals surface area contributed by atoms with E-state index >= 15 is 0 Å². The van der Waals surface area contributed by atoms with E-state index < -0.39 is 6.09 Å². The Morgan fingerprint density at radius 2 is 2.31 bits per heavy atom. The van der Waals surface area contributed by atoms with Crippen molar-refractivity contribution in [2.24, 2.45) is 11.7 Å². The molecule has 1 amide bonds. The third kappa shape index (κ3) is 4.81. The highest BCUT2D eigenvalue weighted by Gasteiger charge is 2.18. The molecular weight excluding hydrogens is 208 g/mol. The molecule has 1 saturated heterocycles. The summed E-state index contributed by atoms with van der Waals surface area (Å²) in [5.74, 6) is 0.583. The number of hydrogen-bond donors (Lipinski definition) is 2. The molecule has 1 heterocycles. The van der Waals surface area contributed by atoms with Crippen molar-refractivity contribution in [3.63, 3.8) is 0 Å². The molecule has 1 fully saturated rings. The summed E-state index contributed by atoms with van der Waals surface area (Å²) in [5.41, 5.74) is 5.95. The molecule has 3 N–H and O–H groups in total. The minimum atomic E-state index is -0.917. The van der Waals surface area contributed by atoms with E-state index in [9.17, 15) is 4.79 Å². The fraction of sp³-hybridized carbons (Fsp3) is 0.909. The second-order valence-electron chi connectivity index (χ2n) is 4.57. The van der Waals surface area contributed by atoms with Gasteiger partial charge in [-0.2, -0.15) is 0 Å². The van der Waals surface area contributed by atoms with Crippen molar-refractivity contribution in [1.29, 1.82) is 0 Å². The van der Waals surface area contributed by atoms with Crippen LogP contribution >= 0.6 is 0 Å². The van der Waals surface area contributed by atoms with Crippen LogP contribution in [0.25, 0.3) is 0 Å². The van der Waals surface area contributed by atoms with Gasteiger partial charge in [0.2, 0.25) is 0 Å². The summed E-state index contributed by atoms with van der Waals surface area (Å²) in [4.78, 5) is 11.9. The maximum Gasteiger partial charge on any atom is 0.407 e. The van der Waals surface area contributed by atoms with E-state index in [2.05, 4.69) is 0 Å². The molecule has 0 spiro atoms. The van der Waals surface area contributed by atoms with Crippen LogP contribution in [-0.4, -0.2) is 48.9 Å². The third-order valence-corrected chi connectivity index (χ3v) is 3.04. The molecule has 1 aliphatic heterocycles. The predicted octanol–water partition coefficient (Wildman–Crippen LogP) is 1.13. The van der Waals surface area contributed by atoms with Gasteiger partial charge in [0.25, 0.3) is 0 Å². The monoisotopic (exact) mass is 230 g/mol. The van der Waals surface area contributed by atoms with E-state index in [1.54, 1.807) is 7.05 Å². The highest BCUT2D eigenvalue weighted by Crippen LogP contribution is 2.20. The second kappa shape index (κ2) is 6.70. The summed E-state index contributed by atoms with van der Waals surface area (Å²) in [6.45, 7) is 2.07. The van der Waals surface area contributed by atoms with Crippen molar-refractivity contribution < 1.29 is 14.6 Å². The number of carboxylic acid groups (broad SMARTS) is 1. The molecule has 16 heavy (non-hydrogen) atoms. The SMILES string of the molecule is CN(C[C@H](N)CC1CCCOCC1)C(=O)O. The normalized spacial score (nSPS) is 23.5. The molecule has 0 radical (unpaired) electrons. The summed E-state index contributed by atoms with van der Waals surface area (Å²) in [6.07, 6.45) is 3.25. The van der Waals surface area contributed by atoms with E-state index in [0.29, 0.717) is 12.5 Å². The number of nitrogens with two attached hydrogens (primary N) is 1. The van der Waals surface area contributed by atoms with Gasteiger partial charge < -0.3 is 20.5 Å². The summed E-state index contributed by atoms with van der Waals surface area (Å²) in [5, 5.41) is 8.73. The van der Waals surface area contributed by atoms with Crippen LogP contribution in [0.15, 0.2) is 0 Å². The number of amides is 1. The fourth-order valence-corrected chi connectivity index (χ4v) is 2.14. The molecule has 0 saturated carbocycles. The molecule has 0 aromatic heterocycles. The van der Waals surface area contributed by atoms with Gasteiger partial charge in [0.1, 0.15) is 0 Å². The first-order chi connectivity index (χ1) is 7.59. The van der Waals surface area contributed by atoms with Crippen LogP contribution in [0.4, 0.5) is 4.79 Å². The minimum Gasteiger partial charge on any atom is -0.465 e. The van der Waals surface area contributed by atoms with E-state index in [4.69, 9.17) is 15.6 Å². The van der Waals surface area contributed by atoms with E-state index in [0.717, 1.165) is 38.9 Å². The maximum atomic E-state index is 10.6. The predicted molar refractivity (Wildman–Crippen MR) is 61.4 cm³/mol. The van der Waals surface area contributed by atoms with Crippen molar-refractivity contribution in [3.8, 4) is 0 Å². The summed E-state index contributed by atoms with van der Waals surface area (Å²) >= 11 is 0. The van der Waals surface area contributed by atoms with Gasteiger partial charge in [-0.3, -0.25) is 0 Å². The van der Waals surface area contributed by atoms with Crippen LogP contribution in [0.1, 0.15) is 25.7 Å². The van der Waals surface area contributed by atoms with E-state index in [1.165, 1.54) is 4.90 Å². The van der Waals surface area contributed by atoms with Crippen molar-refractivity contribution in [1.82, 2.24) is 4.90 Å². The first kappa shape index (κ1) is 13.3. The second-order valence-corrected chi connectivity index (χ2v) is 4.57. The molecule has 0 aromatic carbocycles. The number of rotatable bonds is 4. The molecule has 5 nitrogen and oxygen atoms in total. The number of hydrogen-bond acceptors (Lipinski definition) is 3. The minimum absolute atomic E-state index is 0.0656. The van der Waals surface area contributed by atoms with Gasteiger partial charge in [-0.25, -0.2) is 4.79 Å². The number of ether oxygens (including phenoxy) is 1. The topological polar surface area (TPSA) is 75.8 Å². The van der Waals surface area contributed by atoms with Crippen molar-refractivity contribution >= 4 is 6.09 Å². The Morgan fingerprint density at radius 1 is 1.56 bits per heavy atom. The largest absolute Gasteiger partial charge is 0.465 e. The first-order valence-electron chi connectivity index (χ1n) is 5.87. The Labute approximate surface area is 96.6 Å². The molecule has 0 bridgehead atoms. The van der Waals surface area contributed by atoms with Crippen molar-refractivity contribution in [2.75, 3.05) is 26.8 Å². The molecule has 5 heteroatoms. The summed E-state index contributed by atoms with van der Waals surface area (Å²) < 4.78 is 5.38. The molecule has 1 aliphatic rings. The molecule has 1 unspecified atom stereocenters. The lowest BCUT2D eigenvalue weighted by atomic mass is 9.93. The van der Waals surface area contributed by atoms with Crippen LogP contribution in [0.3, 0.4) is 0 Å². The lowest BCUT2D eigenvalue weighted by Crippen LogP contribution is -2.39. The van der Waals surface area contributed by atoms with Crippen LogP contribution in [0, 0.1) is 5.92 Å². The molecule has 0 aliphatic carbocycles. The standard InChI is InChI=1S/C11H22N2O3/c1-13(11(14)15)8-10(12)7-9-3-2-5-16-6-4-9/h9-10H,2-8,12H2,1H3,(H,14,15)/t9?,10-/m1/s1. The molecule has 1 rings (SSSR count). The molecule has 0 aromatic rings. The van der Waals surface area contributed by atoms with E-state index in [1.807, 2.05) is 0 Å². The Kier molecular flexibility index (Phi) is 5.55. The zero-order valence-corrected chi connectivity index (χ0v) is 9.89. The Morgan fingerprint density at radius 3 is 3.00 bits per heavy atom. The number of nitrogens with zero attached hydrogens (tertiary/aromatic N) is 1. The average Bonchev–Trinajstić information content (AvgIpc) is 2.45. The van der Waals surface area contributed by atoms with Gasteiger partial charge in [-0.1, -0.05) is 0 Å². The fourth-order valence-electron chi connectivity index (χ4n) is 2.14. The molecular formula is C11H22N2O3. The Bertz CT molecular complexity index is 215. The first-order valence-corrected chi connectivity index (χ1v) is 5.87. The van der Waals surface area contributed by atoms with Crippen LogP contribution in [-0.2, 0) is 4.74 Å². The van der Waals surface area contributed by atoms with Crippen LogP contribution < -0.4 is 5.73 Å². The van der Waals surface area contributed by atoms with Gasteiger partial charge in [0.05, 0.1) is 0 Å². The Hall–Kier alpha value is -0.810. The lowest BCUT2D eigenvalue weighted by Gasteiger charge is -2.22. The van der Waals surface area contributed by atoms with Gasteiger partial charge in [0, 0.05) is 32.8 Å². The zero-order valence-electron chi connectivity index (χ0n) is 9.89.